The van der Waals surface area contributed by atoms with Crippen molar-refractivity contribution in [3.8, 4) is 0 Å². The van der Waals surface area contributed by atoms with Gasteiger partial charge in [-0.1, -0.05) is 12.1 Å². The van der Waals surface area contributed by atoms with Crippen molar-refractivity contribution in [1.29, 1.82) is 0 Å². The van der Waals surface area contributed by atoms with Gasteiger partial charge in [0.25, 0.3) is 0 Å². The minimum absolute atomic E-state index is 0.573. The summed E-state index contributed by atoms with van der Waals surface area (Å²) >= 11 is 0. The molecule has 0 aliphatic rings. The maximum absolute atomic E-state index is 5.03. The summed E-state index contributed by atoms with van der Waals surface area (Å²) in [6.07, 6.45) is 0.768. The summed E-state index contributed by atoms with van der Waals surface area (Å²) in [5.74, 6) is 1.35. The molecule has 0 fully saturated rings. The molecule has 0 N–H and O–H groups in total. The Morgan fingerprint density at radius 3 is 2.73 bits per heavy atom. The van der Waals surface area contributed by atoms with Crippen LogP contribution in [0.1, 0.15) is 30.0 Å². The summed E-state index contributed by atoms with van der Waals surface area (Å²) in [5.41, 5.74) is 2.11. The van der Waals surface area contributed by atoms with Crippen LogP contribution < -0.4 is 0 Å². The molecule has 80 valence electrons. The zero-order valence-electron chi connectivity index (χ0n) is 9.19. The SMILES string of the molecule is CCc1nc(Cn2nc(C)cc2C)no1. The average molecular weight is 206 g/mol. The smallest absolute Gasteiger partial charge is 0.226 e. The molecule has 0 atom stereocenters. The molecule has 2 rings (SSSR count). The highest BCUT2D eigenvalue weighted by Gasteiger charge is 2.07. The van der Waals surface area contributed by atoms with E-state index in [1.165, 1.54) is 0 Å². The van der Waals surface area contributed by atoms with Crippen molar-refractivity contribution in [2.45, 2.75) is 33.7 Å². The van der Waals surface area contributed by atoms with Crippen LogP contribution in [0.3, 0.4) is 0 Å². The fraction of sp³-hybridized carbons (Fsp3) is 0.500. The fourth-order valence-corrected chi connectivity index (χ4v) is 1.47. The third-order valence-corrected chi connectivity index (χ3v) is 2.21. The second kappa shape index (κ2) is 3.84. The molecule has 0 unspecified atom stereocenters. The number of aromatic nitrogens is 4. The molecule has 5 nitrogen and oxygen atoms in total. The molecule has 0 aliphatic carbocycles. The maximum Gasteiger partial charge on any atom is 0.226 e. The lowest BCUT2D eigenvalue weighted by molar-refractivity contribution is 0.374. The van der Waals surface area contributed by atoms with Gasteiger partial charge in [-0.3, -0.25) is 4.68 Å². The molecule has 0 aromatic carbocycles. The first-order valence-corrected chi connectivity index (χ1v) is 5.01. The molecule has 0 aliphatic heterocycles. The van der Waals surface area contributed by atoms with Crippen LogP contribution in [0.25, 0.3) is 0 Å². The lowest BCUT2D eigenvalue weighted by Crippen LogP contribution is -2.05. The van der Waals surface area contributed by atoms with E-state index in [1.807, 2.05) is 31.5 Å². The van der Waals surface area contributed by atoms with Crippen molar-refractivity contribution < 1.29 is 4.52 Å². The molecular weight excluding hydrogens is 192 g/mol. The van der Waals surface area contributed by atoms with Crippen LogP contribution in [0.2, 0.25) is 0 Å². The number of rotatable bonds is 3. The highest BCUT2D eigenvalue weighted by Crippen LogP contribution is 2.05. The van der Waals surface area contributed by atoms with Gasteiger partial charge in [-0.2, -0.15) is 10.1 Å². The van der Waals surface area contributed by atoms with Gasteiger partial charge in [0.2, 0.25) is 5.89 Å². The van der Waals surface area contributed by atoms with Crippen LogP contribution in [0.5, 0.6) is 0 Å². The number of nitrogens with zero attached hydrogens (tertiary/aromatic N) is 4. The molecule has 2 aromatic rings. The molecule has 0 radical (unpaired) electrons. The molecular formula is C10H14N4O. The third kappa shape index (κ3) is 2.06. The first-order valence-electron chi connectivity index (χ1n) is 5.01. The Balaban J connectivity index is 2.17. The average Bonchev–Trinajstić information content (AvgIpc) is 2.75. The molecule has 0 saturated carbocycles. The molecule has 15 heavy (non-hydrogen) atoms. The van der Waals surface area contributed by atoms with Gasteiger partial charge in [-0.05, 0) is 19.9 Å². The second-order valence-electron chi connectivity index (χ2n) is 3.54. The first kappa shape index (κ1) is 9.89. The van der Waals surface area contributed by atoms with Crippen molar-refractivity contribution in [2.24, 2.45) is 0 Å². The van der Waals surface area contributed by atoms with Crippen molar-refractivity contribution in [3.05, 3.63) is 29.2 Å². The van der Waals surface area contributed by atoms with Gasteiger partial charge in [0.05, 0.1) is 5.69 Å². The highest BCUT2D eigenvalue weighted by atomic mass is 16.5. The molecule has 0 bridgehead atoms. The normalized spacial score (nSPS) is 10.9. The molecule has 0 spiro atoms. The monoisotopic (exact) mass is 206 g/mol. The Labute approximate surface area is 88.1 Å². The van der Waals surface area contributed by atoms with E-state index in [0.717, 1.165) is 17.8 Å². The van der Waals surface area contributed by atoms with Gasteiger partial charge in [0, 0.05) is 12.1 Å². The van der Waals surface area contributed by atoms with Crippen LogP contribution in [-0.2, 0) is 13.0 Å². The van der Waals surface area contributed by atoms with Crippen LogP contribution in [0.4, 0.5) is 0 Å². The standard InChI is InChI=1S/C10H14N4O/c1-4-10-11-9(13-15-10)6-14-8(3)5-7(2)12-14/h5H,4,6H2,1-3H3. The minimum atomic E-state index is 0.573. The van der Waals surface area contributed by atoms with E-state index >= 15 is 0 Å². The lowest BCUT2D eigenvalue weighted by atomic mass is 10.4. The first-order chi connectivity index (χ1) is 7.19. The Morgan fingerprint density at radius 1 is 1.40 bits per heavy atom. The van der Waals surface area contributed by atoms with Gasteiger partial charge < -0.3 is 4.52 Å². The van der Waals surface area contributed by atoms with Gasteiger partial charge in [-0.15, -0.1) is 0 Å². The van der Waals surface area contributed by atoms with Crippen molar-refractivity contribution in [2.75, 3.05) is 0 Å². The van der Waals surface area contributed by atoms with Crippen LogP contribution >= 0.6 is 0 Å². The Morgan fingerprint density at radius 2 is 2.20 bits per heavy atom. The Hall–Kier alpha value is -1.65. The highest BCUT2D eigenvalue weighted by molar-refractivity contribution is 5.07. The van der Waals surface area contributed by atoms with Crippen LogP contribution in [0.15, 0.2) is 10.6 Å². The van der Waals surface area contributed by atoms with Gasteiger partial charge in [0.15, 0.2) is 5.82 Å². The molecule has 2 aromatic heterocycles. The number of hydrogen-bond acceptors (Lipinski definition) is 4. The molecule has 2 heterocycles. The van der Waals surface area contributed by atoms with E-state index < -0.39 is 0 Å². The van der Waals surface area contributed by atoms with Gasteiger partial charge in [0.1, 0.15) is 6.54 Å². The van der Waals surface area contributed by atoms with Gasteiger partial charge >= 0.3 is 0 Å². The summed E-state index contributed by atoms with van der Waals surface area (Å²) in [6.45, 7) is 6.54. The Bertz CT molecular complexity index is 458. The zero-order valence-corrected chi connectivity index (χ0v) is 9.19. The van der Waals surface area contributed by atoms with Crippen LogP contribution in [0, 0.1) is 13.8 Å². The predicted octanol–water partition coefficient (Wildman–Crippen LogP) is 1.49. The molecule has 0 amide bonds. The zero-order chi connectivity index (χ0) is 10.8. The molecule has 0 saturated heterocycles. The van der Waals surface area contributed by atoms with Crippen molar-refractivity contribution >= 4 is 0 Å². The summed E-state index contributed by atoms with van der Waals surface area (Å²) in [4.78, 5) is 4.24. The summed E-state index contributed by atoms with van der Waals surface area (Å²) in [7, 11) is 0. The minimum Gasteiger partial charge on any atom is -0.339 e. The van der Waals surface area contributed by atoms with E-state index in [-0.39, 0.29) is 0 Å². The topological polar surface area (TPSA) is 56.7 Å². The molecule has 5 heteroatoms. The van der Waals surface area contributed by atoms with Crippen molar-refractivity contribution in [1.82, 2.24) is 19.9 Å². The van der Waals surface area contributed by atoms with E-state index in [1.54, 1.807) is 0 Å². The summed E-state index contributed by atoms with van der Waals surface area (Å²) in [6, 6.07) is 2.03. The maximum atomic E-state index is 5.03. The second-order valence-corrected chi connectivity index (χ2v) is 3.54. The van der Waals surface area contributed by atoms with E-state index in [2.05, 4.69) is 15.2 Å². The van der Waals surface area contributed by atoms with Crippen LogP contribution in [-0.4, -0.2) is 19.9 Å². The number of aryl methyl sites for hydroxylation is 3. The van der Waals surface area contributed by atoms with E-state index in [4.69, 9.17) is 4.52 Å². The lowest BCUT2D eigenvalue weighted by Gasteiger charge is -1.98. The third-order valence-electron chi connectivity index (χ3n) is 2.21. The Kier molecular flexibility index (Phi) is 2.53. The van der Waals surface area contributed by atoms with Crippen molar-refractivity contribution in [3.63, 3.8) is 0 Å². The van der Waals surface area contributed by atoms with E-state index in [0.29, 0.717) is 18.3 Å². The summed E-state index contributed by atoms with van der Waals surface area (Å²) in [5, 5.41) is 8.22. The fourth-order valence-electron chi connectivity index (χ4n) is 1.47. The largest absolute Gasteiger partial charge is 0.339 e. The predicted molar refractivity (Wildman–Crippen MR) is 54.5 cm³/mol. The van der Waals surface area contributed by atoms with E-state index in [9.17, 15) is 0 Å². The quantitative estimate of drug-likeness (QED) is 0.763. The number of hydrogen-bond donors (Lipinski definition) is 0. The van der Waals surface area contributed by atoms with Gasteiger partial charge in [-0.25, -0.2) is 0 Å². The summed E-state index contributed by atoms with van der Waals surface area (Å²) < 4.78 is 6.91.